The standard InChI is InChI=1S/C20H20O2S/c21-20(14-10-15-7-8-16(11-14)23(15)22)18-9-6-13-5-4-12-2-1-3-17(18)19(12)13/h1-3,6,9,14-16H,4-5,7-8,10-11H2. The fraction of sp³-hybridized carbons (Fsp3) is 0.450. The lowest BCUT2D eigenvalue weighted by molar-refractivity contribution is 0.0908. The maximum absolute atomic E-state index is 13.2. The van der Waals surface area contributed by atoms with Crippen LogP contribution in [0.2, 0.25) is 0 Å². The van der Waals surface area contributed by atoms with Crippen LogP contribution in [0.1, 0.15) is 47.2 Å². The van der Waals surface area contributed by atoms with Gasteiger partial charge in [-0.05, 0) is 60.4 Å². The lowest BCUT2D eigenvalue weighted by Crippen LogP contribution is -2.32. The molecule has 0 aromatic heterocycles. The Morgan fingerprint density at radius 2 is 1.65 bits per heavy atom. The molecule has 0 radical (unpaired) electrons. The highest BCUT2D eigenvalue weighted by molar-refractivity contribution is 7.86. The van der Waals surface area contributed by atoms with Crippen LogP contribution in [0, 0.1) is 5.92 Å². The molecule has 2 nitrogen and oxygen atoms in total. The quantitative estimate of drug-likeness (QED) is 0.787. The second kappa shape index (κ2) is 5.01. The molecule has 2 aromatic carbocycles. The van der Waals surface area contributed by atoms with Gasteiger partial charge < -0.3 is 0 Å². The van der Waals surface area contributed by atoms with Crippen LogP contribution in [0.5, 0.6) is 0 Å². The van der Waals surface area contributed by atoms with Gasteiger partial charge in [0.2, 0.25) is 0 Å². The summed E-state index contributed by atoms with van der Waals surface area (Å²) < 4.78 is 12.2. The third-order valence-corrected chi connectivity index (χ3v) is 8.25. The first-order valence-corrected chi connectivity index (χ1v) is 9.97. The van der Waals surface area contributed by atoms with Gasteiger partial charge in [0.05, 0.1) is 0 Å². The lowest BCUT2D eigenvalue weighted by atomic mass is 9.87. The Morgan fingerprint density at radius 3 is 2.39 bits per heavy atom. The van der Waals surface area contributed by atoms with Crippen molar-refractivity contribution >= 4 is 27.4 Å². The summed E-state index contributed by atoms with van der Waals surface area (Å²) in [5, 5.41) is 2.99. The van der Waals surface area contributed by atoms with Crippen molar-refractivity contribution in [2.24, 2.45) is 5.92 Å². The number of ketones is 1. The molecule has 2 heterocycles. The minimum Gasteiger partial charge on any atom is -0.294 e. The Bertz CT molecular complexity index is 828. The van der Waals surface area contributed by atoms with E-state index in [0.29, 0.717) is 0 Å². The van der Waals surface area contributed by atoms with E-state index in [-0.39, 0.29) is 22.2 Å². The van der Waals surface area contributed by atoms with Crippen molar-refractivity contribution in [1.82, 2.24) is 0 Å². The summed E-state index contributed by atoms with van der Waals surface area (Å²) in [6, 6.07) is 10.6. The normalized spacial score (nSPS) is 31.7. The van der Waals surface area contributed by atoms with E-state index in [4.69, 9.17) is 0 Å². The van der Waals surface area contributed by atoms with E-state index in [0.717, 1.165) is 49.5 Å². The fourth-order valence-corrected chi connectivity index (χ4v) is 7.05. The third-order valence-electron chi connectivity index (χ3n) is 6.08. The van der Waals surface area contributed by atoms with Gasteiger partial charge >= 0.3 is 0 Å². The molecule has 0 amide bonds. The number of aryl methyl sites for hydroxylation is 2. The molecule has 3 heteroatoms. The lowest BCUT2D eigenvalue weighted by Gasteiger charge is -2.26. The SMILES string of the molecule is O=C(c1ccc2c3c(cccc13)CC2)C1CC2CCC(C1)S2=O. The summed E-state index contributed by atoms with van der Waals surface area (Å²) >= 11 is 0. The van der Waals surface area contributed by atoms with Crippen LogP contribution in [-0.2, 0) is 23.6 Å². The molecule has 0 N–H and O–H groups in total. The number of hydrogen-bond donors (Lipinski definition) is 0. The predicted molar refractivity (Wildman–Crippen MR) is 93.4 cm³/mol. The number of Topliss-reactive ketones (excluding diaryl/α,β-unsaturated/α-hetero) is 1. The van der Waals surface area contributed by atoms with Crippen LogP contribution in [0.15, 0.2) is 30.3 Å². The second-order valence-corrected chi connectivity index (χ2v) is 9.28. The second-order valence-electron chi connectivity index (χ2n) is 7.29. The summed E-state index contributed by atoms with van der Waals surface area (Å²) in [5.74, 6) is 0.359. The van der Waals surface area contributed by atoms with Crippen LogP contribution in [0.3, 0.4) is 0 Å². The van der Waals surface area contributed by atoms with Gasteiger partial charge in [0.1, 0.15) is 0 Å². The summed E-state index contributed by atoms with van der Waals surface area (Å²) in [7, 11) is -0.689. The van der Waals surface area contributed by atoms with Gasteiger partial charge in [-0.15, -0.1) is 0 Å². The van der Waals surface area contributed by atoms with Gasteiger partial charge in [-0.2, -0.15) is 0 Å². The predicted octanol–water partition coefficient (Wildman–Crippen LogP) is 3.81. The molecule has 5 rings (SSSR count). The molecule has 118 valence electrons. The van der Waals surface area contributed by atoms with E-state index >= 15 is 0 Å². The number of carbonyl (C=O) groups excluding carboxylic acids is 1. The molecule has 23 heavy (non-hydrogen) atoms. The molecule has 0 saturated carbocycles. The van der Waals surface area contributed by atoms with Crippen LogP contribution in [0.4, 0.5) is 0 Å². The van der Waals surface area contributed by atoms with E-state index in [1.807, 2.05) is 6.07 Å². The van der Waals surface area contributed by atoms with E-state index < -0.39 is 10.8 Å². The van der Waals surface area contributed by atoms with Crippen molar-refractivity contribution in [3.63, 3.8) is 0 Å². The summed E-state index contributed by atoms with van der Waals surface area (Å²) in [6.45, 7) is 0. The number of benzene rings is 2. The molecule has 2 aromatic rings. The zero-order chi connectivity index (χ0) is 15.6. The molecule has 1 aliphatic carbocycles. The van der Waals surface area contributed by atoms with Gasteiger partial charge in [-0.1, -0.05) is 30.3 Å². The van der Waals surface area contributed by atoms with Crippen molar-refractivity contribution < 1.29 is 9.00 Å². The van der Waals surface area contributed by atoms with Crippen LogP contribution in [-0.4, -0.2) is 20.5 Å². The third kappa shape index (κ3) is 1.99. The first-order valence-electron chi connectivity index (χ1n) is 8.69. The van der Waals surface area contributed by atoms with Crippen molar-refractivity contribution in [2.75, 3.05) is 0 Å². The van der Waals surface area contributed by atoms with Crippen molar-refractivity contribution in [1.29, 1.82) is 0 Å². The van der Waals surface area contributed by atoms with Crippen molar-refractivity contribution in [3.05, 3.63) is 47.0 Å². The first kappa shape index (κ1) is 13.9. The largest absolute Gasteiger partial charge is 0.294 e. The highest BCUT2D eigenvalue weighted by Crippen LogP contribution is 2.41. The average molecular weight is 324 g/mol. The first-order chi connectivity index (χ1) is 11.2. The Morgan fingerprint density at radius 1 is 0.957 bits per heavy atom. The molecule has 2 atom stereocenters. The van der Waals surface area contributed by atoms with Gasteiger partial charge in [0.25, 0.3) is 0 Å². The van der Waals surface area contributed by atoms with E-state index in [1.165, 1.54) is 16.5 Å². The molecule has 2 bridgehead atoms. The zero-order valence-corrected chi connectivity index (χ0v) is 13.9. The highest BCUT2D eigenvalue weighted by Gasteiger charge is 2.43. The minimum atomic E-state index is -0.689. The molecule has 2 fully saturated rings. The van der Waals surface area contributed by atoms with Crippen molar-refractivity contribution in [3.8, 4) is 0 Å². The Hall–Kier alpha value is -1.48. The minimum absolute atomic E-state index is 0.0728. The van der Waals surface area contributed by atoms with Crippen molar-refractivity contribution in [2.45, 2.75) is 49.0 Å². The Labute approximate surface area is 138 Å². The molecule has 0 spiro atoms. The van der Waals surface area contributed by atoms with Gasteiger partial charge in [-0.3, -0.25) is 9.00 Å². The smallest absolute Gasteiger partial charge is 0.166 e. The van der Waals surface area contributed by atoms with Gasteiger partial charge in [-0.25, -0.2) is 0 Å². The van der Waals surface area contributed by atoms with Crippen LogP contribution < -0.4 is 0 Å². The average Bonchev–Trinajstić information content (AvgIpc) is 3.05. The molecule has 2 saturated heterocycles. The number of hydrogen-bond acceptors (Lipinski definition) is 2. The van der Waals surface area contributed by atoms with Gasteiger partial charge in [0.15, 0.2) is 5.78 Å². The maximum atomic E-state index is 13.2. The zero-order valence-electron chi connectivity index (χ0n) is 13.1. The number of carbonyl (C=O) groups is 1. The van der Waals surface area contributed by atoms with E-state index in [9.17, 15) is 9.00 Å². The molecule has 2 unspecified atom stereocenters. The molecular weight excluding hydrogens is 304 g/mol. The van der Waals surface area contributed by atoms with Gasteiger partial charge in [0, 0.05) is 32.8 Å². The summed E-state index contributed by atoms with van der Waals surface area (Å²) in [6.07, 6.45) is 5.93. The van der Waals surface area contributed by atoms with Crippen LogP contribution >= 0.6 is 0 Å². The number of rotatable bonds is 2. The topological polar surface area (TPSA) is 34.1 Å². The molecule has 3 aliphatic rings. The highest BCUT2D eigenvalue weighted by atomic mass is 32.2. The monoisotopic (exact) mass is 324 g/mol. The van der Waals surface area contributed by atoms with E-state index in [2.05, 4.69) is 24.3 Å². The molecular formula is C20H20O2S. The maximum Gasteiger partial charge on any atom is 0.166 e. The number of fused-ring (bicyclic) bond motifs is 2. The fourth-order valence-electron chi connectivity index (χ4n) is 4.93. The van der Waals surface area contributed by atoms with E-state index in [1.54, 1.807) is 0 Å². The molecule has 2 aliphatic heterocycles. The summed E-state index contributed by atoms with van der Waals surface area (Å²) in [5.41, 5.74) is 3.67. The Balaban J connectivity index is 1.57. The Kier molecular flexibility index (Phi) is 3.03. The summed E-state index contributed by atoms with van der Waals surface area (Å²) in [4.78, 5) is 13.2. The van der Waals surface area contributed by atoms with Crippen LogP contribution in [0.25, 0.3) is 10.8 Å².